The molecule has 2 saturated heterocycles. The Labute approximate surface area is 114 Å². The number of carboxylic acids is 1. The molecule has 2 rings (SSSR count). The molecular formula is C14H24N2O3. The van der Waals surface area contributed by atoms with Crippen LogP contribution in [0.15, 0.2) is 0 Å². The highest BCUT2D eigenvalue weighted by atomic mass is 16.4. The Morgan fingerprint density at radius 1 is 1.37 bits per heavy atom. The molecule has 0 aromatic heterocycles. The molecule has 2 heterocycles. The van der Waals surface area contributed by atoms with Crippen LogP contribution < -0.4 is 5.32 Å². The number of carboxylic acid groups (broad SMARTS) is 1. The maximum Gasteiger partial charge on any atom is 0.326 e. The van der Waals surface area contributed by atoms with Gasteiger partial charge in [-0.05, 0) is 32.2 Å². The summed E-state index contributed by atoms with van der Waals surface area (Å²) in [6, 6.07) is -0.626. The summed E-state index contributed by atoms with van der Waals surface area (Å²) in [6.45, 7) is 4.16. The second kappa shape index (κ2) is 5.90. The van der Waals surface area contributed by atoms with E-state index in [4.69, 9.17) is 0 Å². The fourth-order valence-electron chi connectivity index (χ4n) is 3.29. The number of carbonyl (C=O) groups excluding carboxylic acids is 1. The van der Waals surface area contributed by atoms with E-state index in [1.54, 1.807) is 4.90 Å². The van der Waals surface area contributed by atoms with E-state index in [9.17, 15) is 14.7 Å². The van der Waals surface area contributed by atoms with E-state index in [0.717, 1.165) is 38.6 Å². The van der Waals surface area contributed by atoms with Crippen molar-refractivity contribution in [2.75, 3.05) is 19.6 Å². The van der Waals surface area contributed by atoms with Gasteiger partial charge in [-0.15, -0.1) is 0 Å². The average Bonchev–Trinajstić information content (AvgIpc) is 2.75. The number of hydrogen-bond acceptors (Lipinski definition) is 3. The lowest BCUT2D eigenvalue weighted by molar-refractivity contribution is -0.155. The molecule has 0 aromatic carbocycles. The van der Waals surface area contributed by atoms with Crippen LogP contribution in [0.25, 0.3) is 0 Å². The van der Waals surface area contributed by atoms with Crippen LogP contribution in [0.4, 0.5) is 0 Å². The van der Waals surface area contributed by atoms with Gasteiger partial charge in [-0.1, -0.05) is 19.8 Å². The molecule has 2 unspecified atom stereocenters. The summed E-state index contributed by atoms with van der Waals surface area (Å²) in [6.07, 6.45) is 5.03. The normalized spacial score (nSPS) is 32.1. The Morgan fingerprint density at radius 2 is 2.16 bits per heavy atom. The number of likely N-dealkylation sites (tertiary alicyclic amines) is 1. The SMILES string of the molecule is CCC1(C(=O)N2CCCCCC2C(=O)O)CCNC1. The summed E-state index contributed by atoms with van der Waals surface area (Å²) in [5, 5.41) is 12.6. The van der Waals surface area contributed by atoms with Crippen molar-refractivity contribution in [2.45, 2.75) is 51.5 Å². The Kier molecular flexibility index (Phi) is 4.45. The molecule has 0 aromatic rings. The van der Waals surface area contributed by atoms with Gasteiger partial charge in [0, 0.05) is 13.1 Å². The summed E-state index contributed by atoms with van der Waals surface area (Å²) in [5.74, 6) is -0.804. The van der Waals surface area contributed by atoms with Crippen molar-refractivity contribution in [3.63, 3.8) is 0 Å². The molecule has 0 saturated carbocycles. The molecule has 0 radical (unpaired) electrons. The van der Waals surface area contributed by atoms with Gasteiger partial charge in [-0.2, -0.15) is 0 Å². The minimum Gasteiger partial charge on any atom is -0.480 e. The van der Waals surface area contributed by atoms with Crippen LogP contribution in [0, 0.1) is 5.41 Å². The molecule has 1 amide bonds. The molecule has 5 heteroatoms. The second-order valence-corrected chi connectivity index (χ2v) is 5.76. The van der Waals surface area contributed by atoms with Gasteiger partial charge in [0.2, 0.25) is 5.91 Å². The zero-order chi connectivity index (χ0) is 13.9. The van der Waals surface area contributed by atoms with Crippen molar-refractivity contribution < 1.29 is 14.7 Å². The molecule has 2 aliphatic rings. The van der Waals surface area contributed by atoms with E-state index < -0.39 is 12.0 Å². The Balaban J connectivity index is 2.20. The van der Waals surface area contributed by atoms with Gasteiger partial charge in [0.25, 0.3) is 0 Å². The summed E-state index contributed by atoms with van der Waals surface area (Å²) < 4.78 is 0. The number of aliphatic carboxylic acids is 1. The van der Waals surface area contributed by atoms with E-state index >= 15 is 0 Å². The van der Waals surface area contributed by atoms with Gasteiger partial charge in [-0.3, -0.25) is 4.79 Å². The molecule has 0 spiro atoms. The molecular weight excluding hydrogens is 244 g/mol. The fraction of sp³-hybridized carbons (Fsp3) is 0.857. The Morgan fingerprint density at radius 3 is 2.74 bits per heavy atom. The molecule has 5 nitrogen and oxygen atoms in total. The quantitative estimate of drug-likeness (QED) is 0.808. The second-order valence-electron chi connectivity index (χ2n) is 5.76. The van der Waals surface area contributed by atoms with Crippen LogP contribution in [0.5, 0.6) is 0 Å². The lowest BCUT2D eigenvalue weighted by Crippen LogP contribution is -2.52. The standard InChI is InChI=1S/C14H24N2O3/c1-2-14(7-8-15-10-14)13(19)16-9-5-3-4-6-11(16)12(17)18/h11,15H,2-10H2,1H3,(H,17,18). The van der Waals surface area contributed by atoms with E-state index in [1.165, 1.54) is 0 Å². The highest BCUT2D eigenvalue weighted by Gasteiger charge is 2.45. The maximum absolute atomic E-state index is 12.8. The molecule has 19 heavy (non-hydrogen) atoms. The van der Waals surface area contributed by atoms with Gasteiger partial charge >= 0.3 is 5.97 Å². The van der Waals surface area contributed by atoms with Crippen molar-refractivity contribution in [3.8, 4) is 0 Å². The van der Waals surface area contributed by atoms with E-state index in [-0.39, 0.29) is 11.3 Å². The smallest absolute Gasteiger partial charge is 0.326 e. The predicted molar refractivity (Wildman–Crippen MR) is 71.8 cm³/mol. The van der Waals surface area contributed by atoms with Crippen molar-refractivity contribution in [2.24, 2.45) is 5.41 Å². The van der Waals surface area contributed by atoms with Gasteiger partial charge in [0.15, 0.2) is 0 Å². The summed E-state index contributed by atoms with van der Waals surface area (Å²) in [7, 11) is 0. The third-order valence-electron chi connectivity index (χ3n) is 4.67. The molecule has 2 atom stereocenters. The van der Waals surface area contributed by atoms with E-state index in [0.29, 0.717) is 19.5 Å². The molecule has 2 N–H and O–H groups in total. The van der Waals surface area contributed by atoms with Gasteiger partial charge in [0.1, 0.15) is 6.04 Å². The van der Waals surface area contributed by atoms with Gasteiger partial charge in [0.05, 0.1) is 5.41 Å². The summed E-state index contributed by atoms with van der Waals surface area (Å²) >= 11 is 0. The highest BCUT2D eigenvalue weighted by molar-refractivity contribution is 5.88. The number of nitrogens with zero attached hydrogens (tertiary/aromatic N) is 1. The van der Waals surface area contributed by atoms with Crippen LogP contribution in [0.2, 0.25) is 0 Å². The third kappa shape index (κ3) is 2.76. The lowest BCUT2D eigenvalue weighted by atomic mass is 9.82. The first-order chi connectivity index (χ1) is 9.10. The number of rotatable bonds is 3. The maximum atomic E-state index is 12.8. The van der Waals surface area contributed by atoms with Gasteiger partial charge in [-0.25, -0.2) is 4.79 Å². The summed E-state index contributed by atoms with van der Waals surface area (Å²) in [4.78, 5) is 25.9. The van der Waals surface area contributed by atoms with Crippen molar-refractivity contribution in [1.29, 1.82) is 0 Å². The molecule has 0 aliphatic carbocycles. The Bertz CT molecular complexity index is 351. The van der Waals surface area contributed by atoms with Crippen LogP contribution in [-0.4, -0.2) is 47.6 Å². The minimum absolute atomic E-state index is 0.0503. The van der Waals surface area contributed by atoms with Crippen molar-refractivity contribution in [1.82, 2.24) is 10.2 Å². The predicted octanol–water partition coefficient (Wildman–Crippen LogP) is 1.23. The van der Waals surface area contributed by atoms with Gasteiger partial charge < -0.3 is 15.3 Å². The molecule has 0 bridgehead atoms. The topological polar surface area (TPSA) is 69.6 Å². The first-order valence-corrected chi connectivity index (χ1v) is 7.35. The third-order valence-corrected chi connectivity index (χ3v) is 4.67. The highest BCUT2D eigenvalue weighted by Crippen LogP contribution is 2.33. The zero-order valence-corrected chi connectivity index (χ0v) is 11.7. The van der Waals surface area contributed by atoms with Crippen LogP contribution in [0.3, 0.4) is 0 Å². The average molecular weight is 268 g/mol. The van der Waals surface area contributed by atoms with Crippen molar-refractivity contribution in [3.05, 3.63) is 0 Å². The number of amides is 1. The van der Waals surface area contributed by atoms with E-state index in [2.05, 4.69) is 5.32 Å². The first kappa shape index (κ1) is 14.3. The number of nitrogens with one attached hydrogen (secondary N) is 1. The van der Waals surface area contributed by atoms with Crippen LogP contribution in [0.1, 0.15) is 45.4 Å². The first-order valence-electron chi connectivity index (χ1n) is 7.35. The summed E-state index contributed by atoms with van der Waals surface area (Å²) in [5.41, 5.74) is -0.377. The molecule has 108 valence electrons. The minimum atomic E-state index is -0.854. The van der Waals surface area contributed by atoms with E-state index in [1.807, 2.05) is 6.92 Å². The van der Waals surface area contributed by atoms with Crippen LogP contribution in [-0.2, 0) is 9.59 Å². The lowest BCUT2D eigenvalue weighted by Gasteiger charge is -2.35. The molecule has 2 aliphatic heterocycles. The zero-order valence-electron chi connectivity index (χ0n) is 11.7. The number of hydrogen-bond donors (Lipinski definition) is 2. The Hall–Kier alpha value is -1.10. The largest absolute Gasteiger partial charge is 0.480 e. The van der Waals surface area contributed by atoms with Crippen LogP contribution >= 0.6 is 0 Å². The molecule has 2 fully saturated rings. The fourth-order valence-corrected chi connectivity index (χ4v) is 3.29. The van der Waals surface area contributed by atoms with Crippen molar-refractivity contribution >= 4 is 11.9 Å². The monoisotopic (exact) mass is 268 g/mol. The number of carbonyl (C=O) groups is 2.